The third-order valence-corrected chi connectivity index (χ3v) is 2.70. The molecule has 0 heterocycles. The minimum atomic E-state index is -0.612. The molecule has 0 bridgehead atoms. The Bertz CT molecular complexity index is 429. The molecule has 1 atom stereocenters. The Labute approximate surface area is 108 Å². The van der Waals surface area contributed by atoms with Crippen molar-refractivity contribution in [1.82, 2.24) is 0 Å². The van der Waals surface area contributed by atoms with Crippen LogP contribution in [-0.2, 0) is 9.53 Å². The summed E-state index contributed by atoms with van der Waals surface area (Å²) in [6.07, 6.45) is -0.612. The summed E-state index contributed by atoms with van der Waals surface area (Å²) in [5.41, 5.74) is 0.680. The fourth-order valence-corrected chi connectivity index (χ4v) is 1.67. The molecule has 2 nitrogen and oxygen atoms in total. The van der Waals surface area contributed by atoms with Crippen LogP contribution in [0.5, 0.6) is 0 Å². The Morgan fingerprint density at radius 2 is 2.19 bits per heavy atom. The van der Waals surface area contributed by atoms with Crippen LogP contribution in [0.25, 0.3) is 0 Å². The summed E-state index contributed by atoms with van der Waals surface area (Å²) >= 11 is 2.08. The molecule has 1 aromatic carbocycles. The summed E-state index contributed by atoms with van der Waals surface area (Å²) in [7, 11) is 0. The van der Waals surface area contributed by atoms with Gasteiger partial charge < -0.3 is 4.74 Å². The van der Waals surface area contributed by atoms with Crippen molar-refractivity contribution < 1.29 is 13.9 Å². The maximum absolute atomic E-state index is 13.5. The van der Waals surface area contributed by atoms with E-state index in [-0.39, 0.29) is 5.82 Å². The molecular formula is C12H12FIO2. The number of benzene rings is 1. The highest BCUT2D eigenvalue weighted by molar-refractivity contribution is 14.1. The SMILES string of the molecule is C=C(C)C(=O)OC(C)c1cc(I)ccc1F. The Morgan fingerprint density at radius 3 is 2.75 bits per heavy atom. The maximum atomic E-state index is 13.5. The second-order valence-electron chi connectivity index (χ2n) is 3.49. The van der Waals surface area contributed by atoms with Crippen LogP contribution in [0, 0.1) is 9.39 Å². The Kier molecular flexibility index (Phi) is 4.46. The van der Waals surface area contributed by atoms with Crippen molar-refractivity contribution in [2.45, 2.75) is 20.0 Å². The van der Waals surface area contributed by atoms with Crippen LogP contribution in [0.2, 0.25) is 0 Å². The quantitative estimate of drug-likeness (QED) is 0.480. The van der Waals surface area contributed by atoms with Gasteiger partial charge >= 0.3 is 5.97 Å². The molecule has 0 aliphatic rings. The zero-order valence-corrected chi connectivity index (χ0v) is 11.2. The first-order chi connectivity index (χ1) is 7.41. The topological polar surface area (TPSA) is 26.3 Å². The monoisotopic (exact) mass is 334 g/mol. The normalized spacial score (nSPS) is 12.0. The lowest BCUT2D eigenvalue weighted by atomic mass is 10.1. The first-order valence-electron chi connectivity index (χ1n) is 4.73. The standard InChI is InChI=1S/C12H12FIO2/c1-7(2)12(15)16-8(3)10-6-9(14)4-5-11(10)13/h4-6,8H,1H2,2-3H3. The number of rotatable bonds is 3. The number of esters is 1. The summed E-state index contributed by atoms with van der Waals surface area (Å²) in [4.78, 5) is 11.3. The Morgan fingerprint density at radius 1 is 1.56 bits per heavy atom. The summed E-state index contributed by atoms with van der Waals surface area (Å²) < 4.78 is 19.4. The van der Waals surface area contributed by atoms with Crippen LogP contribution in [0.3, 0.4) is 0 Å². The lowest BCUT2D eigenvalue weighted by Gasteiger charge is -2.14. The lowest BCUT2D eigenvalue weighted by molar-refractivity contribution is -0.143. The molecule has 0 aromatic heterocycles. The molecule has 0 spiro atoms. The minimum absolute atomic E-state index is 0.304. The van der Waals surface area contributed by atoms with Gasteiger partial charge in [0.1, 0.15) is 11.9 Å². The van der Waals surface area contributed by atoms with E-state index in [1.165, 1.54) is 6.07 Å². The van der Waals surface area contributed by atoms with E-state index in [2.05, 4.69) is 29.2 Å². The molecule has 0 aliphatic carbocycles. The molecular weight excluding hydrogens is 322 g/mol. The highest BCUT2D eigenvalue weighted by Gasteiger charge is 2.16. The van der Waals surface area contributed by atoms with Gasteiger partial charge in [-0.05, 0) is 54.6 Å². The Hall–Kier alpha value is -0.910. The molecule has 0 amide bonds. The van der Waals surface area contributed by atoms with Gasteiger partial charge in [0, 0.05) is 14.7 Å². The van der Waals surface area contributed by atoms with E-state index in [0.29, 0.717) is 11.1 Å². The number of hydrogen-bond donors (Lipinski definition) is 0. The molecule has 0 saturated carbocycles. The molecule has 4 heteroatoms. The van der Waals surface area contributed by atoms with Gasteiger partial charge in [-0.15, -0.1) is 0 Å². The molecule has 0 N–H and O–H groups in total. The summed E-state index contributed by atoms with van der Waals surface area (Å²) in [5, 5.41) is 0. The zero-order valence-electron chi connectivity index (χ0n) is 9.09. The van der Waals surface area contributed by atoms with E-state index in [4.69, 9.17) is 4.74 Å². The highest BCUT2D eigenvalue weighted by Crippen LogP contribution is 2.23. The molecule has 0 radical (unpaired) electrons. The van der Waals surface area contributed by atoms with Crippen molar-refractivity contribution in [3.05, 3.63) is 45.3 Å². The summed E-state index contributed by atoms with van der Waals surface area (Å²) in [6, 6.07) is 4.68. The van der Waals surface area contributed by atoms with E-state index >= 15 is 0 Å². The van der Waals surface area contributed by atoms with Gasteiger partial charge in [0.15, 0.2) is 0 Å². The van der Waals surface area contributed by atoms with Gasteiger partial charge in [-0.25, -0.2) is 9.18 Å². The molecule has 0 saturated heterocycles. The molecule has 1 rings (SSSR count). The number of hydrogen-bond acceptors (Lipinski definition) is 2. The Balaban J connectivity index is 2.88. The van der Waals surface area contributed by atoms with E-state index in [1.54, 1.807) is 26.0 Å². The average molecular weight is 334 g/mol. The van der Waals surface area contributed by atoms with Crippen LogP contribution in [0.15, 0.2) is 30.4 Å². The molecule has 86 valence electrons. The summed E-state index contributed by atoms with van der Waals surface area (Å²) in [5.74, 6) is -0.881. The molecule has 0 aliphatic heterocycles. The van der Waals surface area contributed by atoms with E-state index < -0.39 is 12.1 Å². The van der Waals surface area contributed by atoms with E-state index in [1.807, 2.05) is 0 Å². The first-order valence-corrected chi connectivity index (χ1v) is 5.81. The van der Waals surface area contributed by atoms with Crippen molar-refractivity contribution in [3.63, 3.8) is 0 Å². The van der Waals surface area contributed by atoms with Crippen LogP contribution < -0.4 is 0 Å². The highest BCUT2D eigenvalue weighted by atomic mass is 127. The maximum Gasteiger partial charge on any atom is 0.333 e. The number of carbonyl (C=O) groups is 1. The van der Waals surface area contributed by atoms with Gasteiger partial charge in [0.05, 0.1) is 0 Å². The van der Waals surface area contributed by atoms with Crippen molar-refractivity contribution >= 4 is 28.6 Å². The van der Waals surface area contributed by atoms with Crippen LogP contribution in [0.1, 0.15) is 25.5 Å². The molecule has 16 heavy (non-hydrogen) atoms. The van der Waals surface area contributed by atoms with E-state index in [0.717, 1.165) is 3.57 Å². The number of carbonyl (C=O) groups excluding carboxylic acids is 1. The fraction of sp³-hybridized carbons (Fsp3) is 0.250. The molecule has 1 aromatic rings. The largest absolute Gasteiger partial charge is 0.454 e. The minimum Gasteiger partial charge on any atom is -0.454 e. The molecule has 1 unspecified atom stereocenters. The van der Waals surface area contributed by atoms with Crippen molar-refractivity contribution in [2.24, 2.45) is 0 Å². The first kappa shape index (κ1) is 13.2. The smallest absolute Gasteiger partial charge is 0.333 e. The lowest BCUT2D eigenvalue weighted by Crippen LogP contribution is -2.10. The number of halogens is 2. The van der Waals surface area contributed by atoms with Gasteiger partial charge in [0.25, 0.3) is 0 Å². The second-order valence-corrected chi connectivity index (χ2v) is 4.74. The van der Waals surface area contributed by atoms with Gasteiger partial charge in [-0.3, -0.25) is 0 Å². The van der Waals surface area contributed by atoms with Gasteiger partial charge in [-0.1, -0.05) is 6.58 Å². The fourth-order valence-electron chi connectivity index (χ4n) is 1.15. The van der Waals surface area contributed by atoms with Crippen LogP contribution in [-0.4, -0.2) is 5.97 Å². The van der Waals surface area contributed by atoms with Crippen molar-refractivity contribution in [2.75, 3.05) is 0 Å². The van der Waals surface area contributed by atoms with Gasteiger partial charge in [-0.2, -0.15) is 0 Å². The van der Waals surface area contributed by atoms with Crippen LogP contribution >= 0.6 is 22.6 Å². The van der Waals surface area contributed by atoms with E-state index in [9.17, 15) is 9.18 Å². The molecule has 0 fully saturated rings. The predicted octanol–water partition coefficient (Wildman–Crippen LogP) is 3.61. The van der Waals surface area contributed by atoms with Crippen LogP contribution in [0.4, 0.5) is 4.39 Å². The zero-order chi connectivity index (χ0) is 12.3. The third-order valence-electron chi connectivity index (χ3n) is 2.03. The van der Waals surface area contributed by atoms with Crippen molar-refractivity contribution in [1.29, 1.82) is 0 Å². The van der Waals surface area contributed by atoms with Crippen molar-refractivity contribution in [3.8, 4) is 0 Å². The summed E-state index contributed by atoms with van der Waals surface area (Å²) in [6.45, 7) is 6.66. The third kappa shape index (κ3) is 3.30. The predicted molar refractivity (Wildman–Crippen MR) is 68.4 cm³/mol. The number of ether oxygens (including phenoxy) is 1. The second kappa shape index (κ2) is 5.43. The van der Waals surface area contributed by atoms with Gasteiger partial charge in [0.2, 0.25) is 0 Å². The average Bonchev–Trinajstić information content (AvgIpc) is 2.21.